The number of aromatic nitrogens is 2. The molecule has 1 aromatic rings. The van der Waals surface area contributed by atoms with Gasteiger partial charge in [0.25, 0.3) is 5.91 Å². The summed E-state index contributed by atoms with van der Waals surface area (Å²) in [4.78, 5) is 46.9. The van der Waals surface area contributed by atoms with Crippen LogP contribution in [0.15, 0.2) is 4.99 Å². The molecule has 0 atom stereocenters. The minimum Gasteiger partial charge on any atom is -0.450 e. The lowest BCUT2D eigenvalue weighted by Gasteiger charge is -2.12. The number of aliphatic imine (C=N–C) groups is 1. The summed E-state index contributed by atoms with van der Waals surface area (Å²) < 4.78 is 9.33. The number of halogens is 1. The third-order valence-electron chi connectivity index (χ3n) is 2.84. The van der Waals surface area contributed by atoms with Crippen molar-refractivity contribution in [1.29, 1.82) is 0 Å². The van der Waals surface area contributed by atoms with Crippen LogP contribution in [0, 0.1) is 0 Å². The van der Waals surface area contributed by atoms with Gasteiger partial charge in [-0.05, 0) is 20.3 Å². The molecule has 0 radical (unpaired) electrons. The zero-order valence-electron chi connectivity index (χ0n) is 15.7. The van der Waals surface area contributed by atoms with Gasteiger partial charge in [-0.25, -0.2) is 19.6 Å². The first kappa shape index (κ1) is 22.9. The first-order valence-corrected chi connectivity index (χ1v) is 8.77. The molecule has 0 aliphatic heterocycles. The van der Waals surface area contributed by atoms with Crippen molar-refractivity contribution in [3.05, 3.63) is 10.8 Å². The van der Waals surface area contributed by atoms with E-state index in [9.17, 15) is 14.4 Å². The number of nitrogens with zero attached hydrogens (tertiary/aromatic N) is 3. The van der Waals surface area contributed by atoms with Gasteiger partial charge in [0.05, 0.1) is 13.2 Å². The van der Waals surface area contributed by atoms with E-state index < -0.39 is 24.1 Å². The van der Waals surface area contributed by atoms with Crippen LogP contribution in [0.1, 0.15) is 37.7 Å². The first-order chi connectivity index (χ1) is 13.3. The number of carbonyl (C=O) groups is 3. The second kappa shape index (κ2) is 11.5. The Balaban J connectivity index is 3.04. The number of nitrogens with two attached hydrogens (primary N) is 1. The molecule has 28 heavy (non-hydrogen) atoms. The van der Waals surface area contributed by atoms with Crippen LogP contribution in [0.4, 0.5) is 21.2 Å². The average molecular weight is 416 g/mol. The highest BCUT2D eigenvalue weighted by atomic mass is 35.5. The van der Waals surface area contributed by atoms with Crippen molar-refractivity contribution in [2.75, 3.05) is 30.8 Å². The van der Waals surface area contributed by atoms with E-state index in [4.69, 9.17) is 17.3 Å². The molecular formula is C15H22ClN7O5. The number of guanidine groups is 1. The van der Waals surface area contributed by atoms with Crippen molar-refractivity contribution in [2.45, 2.75) is 27.2 Å². The Labute approximate surface area is 166 Å². The molecule has 1 rings (SSSR count). The van der Waals surface area contributed by atoms with Gasteiger partial charge in [-0.2, -0.15) is 0 Å². The van der Waals surface area contributed by atoms with E-state index in [1.54, 1.807) is 13.8 Å². The van der Waals surface area contributed by atoms with Gasteiger partial charge in [-0.3, -0.25) is 15.4 Å². The predicted molar refractivity (Wildman–Crippen MR) is 102 cm³/mol. The molecule has 0 aliphatic rings. The fourth-order valence-corrected chi connectivity index (χ4v) is 1.91. The molecule has 5 N–H and O–H groups in total. The summed E-state index contributed by atoms with van der Waals surface area (Å²) in [6, 6.07) is 0. The molecule has 1 aromatic heterocycles. The summed E-state index contributed by atoms with van der Waals surface area (Å²) in [6.45, 7) is 5.78. The SMILES string of the molecule is CCCNc1nc(N)c(C(=O)N/C(=N\C(=O)OCC)NC(=O)OCC)nc1Cl. The van der Waals surface area contributed by atoms with Gasteiger partial charge in [-0.1, -0.05) is 18.5 Å². The Morgan fingerprint density at radius 3 is 2.39 bits per heavy atom. The van der Waals surface area contributed by atoms with Crippen LogP contribution >= 0.6 is 11.6 Å². The normalized spacial score (nSPS) is 10.8. The second-order valence-electron chi connectivity index (χ2n) is 4.98. The molecule has 0 saturated heterocycles. The van der Waals surface area contributed by atoms with Gasteiger partial charge in [-0.15, -0.1) is 4.99 Å². The minimum atomic E-state index is -1.04. The maximum Gasteiger partial charge on any atom is 0.436 e. The molecule has 0 fully saturated rings. The Hall–Kier alpha value is -3.15. The number of anilines is 2. The Morgan fingerprint density at radius 1 is 1.11 bits per heavy atom. The summed E-state index contributed by atoms with van der Waals surface area (Å²) in [6.07, 6.45) is -1.17. The van der Waals surface area contributed by atoms with Gasteiger partial charge >= 0.3 is 12.2 Å². The highest BCUT2D eigenvalue weighted by molar-refractivity contribution is 6.32. The van der Waals surface area contributed by atoms with Crippen LogP contribution in [0.25, 0.3) is 0 Å². The maximum atomic E-state index is 12.4. The monoisotopic (exact) mass is 415 g/mol. The number of hydrogen-bond acceptors (Lipinski definition) is 9. The van der Waals surface area contributed by atoms with Crippen LogP contribution in [0.3, 0.4) is 0 Å². The maximum absolute atomic E-state index is 12.4. The largest absolute Gasteiger partial charge is 0.450 e. The molecule has 12 nitrogen and oxygen atoms in total. The van der Waals surface area contributed by atoms with E-state index in [1.165, 1.54) is 0 Å². The van der Waals surface area contributed by atoms with Crippen LogP contribution in [0.5, 0.6) is 0 Å². The van der Waals surface area contributed by atoms with Crippen molar-refractivity contribution in [1.82, 2.24) is 20.6 Å². The van der Waals surface area contributed by atoms with Crippen LogP contribution in [-0.4, -0.2) is 53.8 Å². The van der Waals surface area contributed by atoms with Crippen molar-refractivity contribution >= 4 is 47.3 Å². The number of alkyl carbamates (subject to hydrolysis) is 1. The standard InChI is InChI=1S/C15H22ClN7O5/c1-4-7-18-11-9(16)19-8(10(17)20-11)12(24)21-13(22-14(25)27-5-2)23-15(26)28-6-3/h4-7H2,1-3H3,(H3,17,18,20)(H2,21,22,23,24,25,26). The van der Waals surface area contributed by atoms with Crippen LogP contribution in [-0.2, 0) is 9.47 Å². The number of nitrogens with one attached hydrogen (secondary N) is 3. The van der Waals surface area contributed by atoms with Gasteiger partial charge in [0.2, 0.25) is 5.96 Å². The number of ether oxygens (including phenoxy) is 2. The predicted octanol–water partition coefficient (Wildman–Crippen LogP) is 1.52. The highest BCUT2D eigenvalue weighted by Crippen LogP contribution is 2.20. The first-order valence-electron chi connectivity index (χ1n) is 8.39. The van der Waals surface area contributed by atoms with Gasteiger partial charge in [0.15, 0.2) is 22.5 Å². The highest BCUT2D eigenvalue weighted by Gasteiger charge is 2.20. The van der Waals surface area contributed by atoms with E-state index in [0.29, 0.717) is 6.54 Å². The fourth-order valence-electron chi connectivity index (χ4n) is 1.72. The lowest BCUT2D eigenvalue weighted by Crippen LogP contribution is -2.45. The number of carbonyl (C=O) groups excluding carboxylic acids is 3. The molecule has 0 aromatic carbocycles. The van der Waals surface area contributed by atoms with Crippen molar-refractivity contribution in [2.24, 2.45) is 4.99 Å². The van der Waals surface area contributed by atoms with E-state index in [0.717, 1.165) is 6.42 Å². The summed E-state index contributed by atoms with van der Waals surface area (Å²) in [7, 11) is 0. The van der Waals surface area contributed by atoms with Gasteiger partial charge < -0.3 is 20.5 Å². The smallest absolute Gasteiger partial charge is 0.436 e. The van der Waals surface area contributed by atoms with Crippen LogP contribution in [0.2, 0.25) is 5.15 Å². The third kappa shape index (κ3) is 7.23. The van der Waals surface area contributed by atoms with Crippen LogP contribution < -0.4 is 21.7 Å². The van der Waals surface area contributed by atoms with Crippen molar-refractivity contribution < 1.29 is 23.9 Å². The van der Waals surface area contributed by atoms with E-state index in [-0.39, 0.29) is 35.7 Å². The van der Waals surface area contributed by atoms with E-state index in [2.05, 4.69) is 40.4 Å². The van der Waals surface area contributed by atoms with Gasteiger partial charge in [0, 0.05) is 6.54 Å². The Kier molecular flexibility index (Phi) is 9.43. The van der Waals surface area contributed by atoms with E-state index >= 15 is 0 Å². The number of nitrogen functional groups attached to an aromatic ring is 1. The molecule has 0 spiro atoms. The molecule has 1 heterocycles. The third-order valence-corrected chi connectivity index (χ3v) is 3.10. The molecule has 13 heteroatoms. The minimum absolute atomic E-state index is 0.0449. The zero-order valence-corrected chi connectivity index (χ0v) is 16.4. The molecule has 0 saturated carbocycles. The fraction of sp³-hybridized carbons (Fsp3) is 0.467. The molecular weight excluding hydrogens is 394 g/mol. The summed E-state index contributed by atoms with van der Waals surface area (Å²) in [5.74, 6) is -1.43. The summed E-state index contributed by atoms with van der Waals surface area (Å²) >= 11 is 6.00. The summed E-state index contributed by atoms with van der Waals surface area (Å²) in [5, 5.41) is 7.12. The summed E-state index contributed by atoms with van der Waals surface area (Å²) in [5.41, 5.74) is 5.44. The molecule has 0 bridgehead atoms. The van der Waals surface area contributed by atoms with Crippen molar-refractivity contribution in [3.8, 4) is 0 Å². The number of amides is 3. The van der Waals surface area contributed by atoms with Crippen molar-refractivity contribution in [3.63, 3.8) is 0 Å². The quantitative estimate of drug-likeness (QED) is 0.397. The number of rotatable bonds is 6. The molecule has 3 amide bonds. The second-order valence-corrected chi connectivity index (χ2v) is 5.34. The molecule has 0 unspecified atom stereocenters. The Bertz CT molecular complexity index is 757. The Morgan fingerprint density at radius 2 is 1.79 bits per heavy atom. The van der Waals surface area contributed by atoms with Gasteiger partial charge in [0.1, 0.15) is 0 Å². The molecule has 154 valence electrons. The lowest BCUT2D eigenvalue weighted by atomic mass is 10.3. The lowest BCUT2D eigenvalue weighted by molar-refractivity contribution is 0.0971. The molecule has 0 aliphatic carbocycles. The number of hydrogen-bond donors (Lipinski definition) is 4. The average Bonchev–Trinajstić information content (AvgIpc) is 2.62. The topological polar surface area (TPSA) is 170 Å². The van der Waals surface area contributed by atoms with E-state index in [1.807, 2.05) is 6.92 Å². The zero-order chi connectivity index (χ0) is 21.1.